The second kappa shape index (κ2) is 9.02. The smallest absolute Gasteiger partial charge is 0.225 e. The maximum absolute atomic E-state index is 12.3. The number of aromatic nitrogens is 3. The highest BCUT2D eigenvalue weighted by Crippen LogP contribution is 2.46. The Balaban J connectivity index is 1.54. The number of piperazine rings is 1. The van der Waals surface area contributed by atoms with E-state index in [1.807, 2.05) is 36.1 Å². The number of nitrogen functional groups attached to an aromatic ring is 1. The van der Waals surface area contributed by atoms with E-state index < -0.39 is 0 Å². The van der Waals surface area contributed by atoms with Crippen LogP contribution in [0.4, 0.5) is 11.5 Å². The summed E-state index contributed by atoms with van der Waals surface area (Å²) in [6, 6.07) is 8.04. The van der Waals surface area contributed by atoms with Crippen LogP contribution in [0.15, 0.2) is 37.0 Å². The van der Waals surface area contributed by atoms with Gasteiger partial charge >= 0.3 is 0 Å². The van der Waals surface area contributed by atoms with E-state index >= 15 is 0 Å². The minimum absolute atomic E-state index is 0.0132. The van der Waals surface area contributed by atoms with Gasteiger partial charge in [-0.2, -0.15) is 0 Å². The van der Waals surface area contributed by atoms with Crippen molar-refractivity contribution in [3.63, 3.8) is 0 Å². The molecule has 1 atom stereocenters. The molecule has 5 rings (SSSR count). The lowest BCUT2D eigenvalue weighted by atomic mass is 9.97. The van der Waals surface area contributed by atoms with Crippen LogP contribution in [-0.4, -0.2) is 63.1 Å². The summed E-state index contributed by atoms with van der Waals surface area (Å²) in [5.74, 6) is 1.18. The fourth-order valence-electron chi connectivity index (χ4n) is 4.83. The number of carbonyl (C=O) groups is 1. The Bertz CT molecular complexity index is 1260. The molecule has 8 nitrogen and oxygen atoms in total. The van der Waals surface area contributed by atoms with Gasteiger partial charge in [0.25, 0.3) is 0 Å². The number of pyridine rings is 3. The standard InChI is InChI=1S/C26H30N6O2/c1-3-18-13-20(19-5-4-9-28-25(19)29-18)21-14-22(27)26(30-24(21)17-6-7-17)31-10-11-32(16(2)15-31)23(34)8-12-33/h3-5,9,13-14,16-17,33H,1,6-8,10-12,15,27H2,2H3/t16-/m1/s1. The summed E-state index contributed by atoms with van der Waals surface area (Å²) in [6.45, 7) is 7.70. The van der Waals surface area contributed by atoms with Crippen molar-refractivity contribution in [1.29, 1.82) is 0 Å². The van der Waals surface area contributed by atoms with E-state index in [2.05, 4.69) is 21.4 Å². The second-order valence-electron chi connectivity index (χ2n) is 9.14. The molecule has 1 saturated heterocycles. The van der Waals surface area contributed by atoms with Gasteiger partial charge in [-0.1, -0.05) is 6.58 Å². The molecule has 1 aliphatic heterocycles. The number of carbonyl (C=O) groups excluding carboxylic acids is 1. The largest absolute Gasteiger partial charge is 0.396 e. The van der Waals surface area contributed by atoms with Crippen LogP contribution < -0.4 is 10.6 Å². The molecule has 34 heavy (non-hydrogen) atoms. The molecule has 3 aromatic heterocycles. The van der Waals surface area contributed by atoms with Gasteiger partial charge in [0.15, 0.2) is 11.5 Å². The van der Waals surface area contributed by atoms with Crippen LogP contribution >= 0.6 is 0 Å². The summed E-state index contributed by atoms with van der Waals surface area (Å²) in [5.41, 5.74) is 11.8. The van der Waals surface area contributed by atoms with E-state index in [1.54, 1.807) is 12.3 Å². The van der Waals surface area contributed by atoms with Crippen LogP contribution in [0.25, 0.3) is 28.2 Å². The lowest BCUT2D eigenvalue weighted by Crippen LogP contribution is -2.54. The maximum atomic E-state index is 12.3. The SMILES string of the molecule is C=Cc1cc(-c2cc(N)c(N3CCN(C(=O)CCO)[C@H](C)C3)nc2C2CC2)c2cccnc2n1. The van der Waals surface area contributed by atoms with Gasteiger partial charge in [-0.15, -0.1) is 0 Å². The fraction of sp³-hybridized carbons (Fsp3) is 0.385. The van der Waals surface area contributed by atoms with E-state index in [1.165, 1.54) is 0 Å². The van der Waals surface area contributed by atoms with Crippen molar-refractivity contribution in [2.45, 2.75) is 38.1 Å². The monoisotopic (exact) mass is 458 g/mol. The van der Waals surface area contributed by atoms with Crippen molar-refractivity contribution in [3.05, 3.63) is 48.4 Å². The Hall–Kier alpha value is -3.52. The average molecular weight is 459 g/mol. The number of hydrogen-bond donors (Lipinski definition) is 2. The van der Waals surface area contributed by atoms with Crippen LogP contribution in [-0.2, 0) is 4.79 Å². The number of amides is 1. The van der Waals surface area contributed by atoms with Crippen molar-refractivity contribution >= 4 is 34.5 Å². The first-order valence-electron chi connectivity index (χ1n) is 11.8. The normalized spacial score (nSPS) is 18.4. The summed E-state index contributed by atoms with van der Waals surface area (Å²) in [5, 5.41) is 10.1. The van der Waals surface area contributed by atoms with E-state index in [0.29, 0.717) is 36.9 Å². The minimum atomic E-state index is -0.126. The molecule has 1 saturated carbocycles. The van der Waals surface area contributed by atoms with Crippen LogP contribution in [0, 0.1) is 0 Å². The molecule has 8 heteroatoms. The zero-order chi connectivity index (χ0) is 23.8. The second-order valence-corrected chi connectivity index (χ2v) is 9.14. The maximum Gasteiger partial charge on any atom is 0.225 e. The molecule has 176 valence electrons. The number of aliphatic hydroxyl groups is 1. The molecule has 1 amide bonds. The van der Waals surface area contributed by atoms with Crippen molar-refractivity contribution in [3.8, 4) is 11.1 Å². The third-order valence-electron chi connectivity index (χ3n) is 6.70. The van der Waals surface area contributed by atoms with Crippen molar-refractivity contribution in [2.75, 3.05) is 36.9 Å². The molecule has 2 aliphatic rings. The van der Waals surface area contributed by atoms with Crippen LogP contribution in [0.3, 0.4) is 0 Å². The molecular weight excluding hydrogens is 428 g/mol. The predicted octanol–water partition coefficient (Wildman–Crippen LogP) is 3.21. The minimum Gasteiger partial charge on any atom is -0.396 e. The summed E-state index contributed by atoms with van der Waals surface area (Å²) in [4.78, 5) is 30.5. The molecule has 0 unspecified atom stereocenters. The van der Waals surface area contributed by atoms with Gasteiger partial charge in [0, 0.05) is 55.2 Å². The fourth-order valence-corrected chi connectivity index (χ4v) is 4.83. The van der Waals surface area contributed by atoms with Gasteiger partial charge in [0.05, 0.1) is 23.7 Å². The van der Waals surface area contributed by atoms with Gasteiger partial charge in [0.1, 0.15) is 0 Å². The van der Waals surface area contributed by atoms with Gasteiger partial charge in [-0.25, -0.2) is 15.0 Å². The van der Waals surface area contributed by atoms with Gasteiger partial charge in [0.2, 0.25) is 5.91 Å². The number of nitrogens with two attached hydrogens (primary N) is 1. The molecule has 3 N–H and O–H groups in total. The number of anilines is 2. The predicted molar refractivity (Wildman–Crippen MR) is 134 cm³/mol. The van der Waals surface area contributed by atoms with Gasteiger partial charge < -0.3 is 20.6 Å². The summed E-state index contributed by atoms with van der Waals surface area (Å²) in [7, 11) is 0. The highest BCUT2D eigenvalue weighted by molar-refractivity contribution is 5.95. The zero-order valence-corrected chi connectivity index (χ0v) is 19.4. The summed E-state index contributed by atoms with van der Waals surface area (Å²) in [6.07, 6.45) is 5.86. The first kappa shape index (κ1) is 22.3. The van der Waals surface area contributed by atoms with Crippen LogP contribution in [0.5, 0.6) is 0 Å². The number of nitrogens with zero attached hydrogens (tertiary/aromatic N) is 5. The van der Waals surface area contributed by atoms with E-state index in [9.17, 15) is 4.79 Å². The molecule has 1 aliphatic carbocycles. The molecule has 0 spiro atoms. The third kappa shape index (κ3) is 4.09. The molecular formula is C26H30N6O2. The number of fused-ring (bicyclic) bond motifs is 1. The molecule has 0 aromatic carbocycles. The Morgan fingerprint density at radius 1 is 1.26 bits per heavy atom. The first-order chi connectivity index (χ1) is 16.5. The Kier molecular flexibility index (Phi) is 5.91. The quantitative estimate of drug-likeness (QED) is 0.584. The highest BCUT2D eigenvalue weighted by Gasteiger charge is 2.33. The topological polar surface area (TPSA) is 108 Å². The number of aliphatic hydroxyl groups excluding tert-OH is 1. The van der Waals surface area contributed by atoms with Gasteiger partial charge in [-0.3, -0.25) is 4.79 Å². The van der Waals surface area contributed by atoms with Gasteiger partial charge in [-0.05, 0) is 55.7 Å². The van der Waals surface area contributed by atoms with E-state index in [0.717, 1.165) is 46.6 Å². The summed E-state index contributed by atoms with van der Waals surface area (Å²) >= 11 is 0. The summed E-state index contributed by atoms with van der Waals surface area (Å²) < 4.78 is 0. The zero-order valence-electron chi connectivity index (χ0n) is 19.4. The molecule has 3 aromatic rings. The number of hydrogen-bond acceptors (Lipinski definition) is 7. The Labute approximate surface area is 199 Å². The number of rotatable bonds is 6. The molecule has 0 bridgehead atoms. The lowest BCUT2D eigenvalue weighted by Gasteiger charge is -2.41. The van der Waals surface area contributed by atoms with E-state index in [-0.39, 0.29) is 25.0 Å². The van der Waals surface area contributed by atoms with Crippen molar-refractivity contribution < 1.29 is 9.90 Å². The Morgan fingerprint density at radius 2 is 2.09 bits per heavy atom. The highest BCUT2D eigenvalue weighted by atomic mass is 16.3. The molecule has 4 heterocycles. The molecule has 0 radical (unpaired) electrons. The third-order valence-corrected chi connectivity index (χ3v) is 6.70. The van der Waals surface area contributed by atoms with Crippen LogP contribution in [0.2, 0.25) is 0 Å². The average Bonchev–Trinajstić information content (AvgIpc) is 3.68. The Morgan fingerprint density at radius 3 is 2.79 bits per heavy atom. The molecule has 2 fully saturated rings. The van der Waals surface area contributed by atoms with Crippen molar-refractivity contribution in [2.24, 2.45) is 0 Å². The van der Waals surface area contributed by atoms with Crippen molar-refractivity contribution in [1.82, 2.24) is 19.9 Å². The first-order valence-corrected chi connectivity index (χ1v) is 11.8. The van der Waals surface area contributed by atoms with E-state index in [4.69, 9.17) is 15.8 Å². The van der Waals surface area contributed by atoms with Crippen LogP contribution in [0.1, 0.15) is 43.5 Å². The lowest BCUT2D eigenvalue weighted by molar-refractivity contribution is -0.134.